The Morgan fingerprint density at radius 1 is 1.37 bits per heavy atom. The highest BCUT2D eigenvalue weighted by atomic mass is 19.1. The fraction of sp³-hybridized carbons (Fsp3) is 0.625. The SMILES string of the molecule is CC1CCCC(N(C)C(CN)c2ccccc2F)C1. The molecule has 106 valence electrons. The third-order valence-electron chi connectivity index (χ3n) is 4.46. The molecule has 3 heteroatoms. The molecule has 1 aliphatic rings. The molecule has 0 bridgehead atoms. The Balaban J connectivity index is 2.15. The van der Waals surface area contributed by atoms with Crippen molar-refractivity contribution in [1.29, 1.82) is 0 Å². The molecule has 0 aliphatic heterocycles. The number of hydrogen-bond acceptors (Lipinski definition) is 2. The molecule has 0 spiro atoms. The zero-order chi connectivity index (χ0) is 13.8. The average Bonchev–Trinajstić information content (AvgIpc) is 2.41. The molecular formula is C16H25FN2. The third-order valence-corrected chi connectivity index (χ3v) is 4.46. The number of nitrogens with zero attached hydrogens (tertiary/aromatic N) is 1. The van der Waals surface area contributed by atoms with Gasteiger partial charge in [0.2, 0.25) is 0 Å². The van der Waals surface area contributed by atoms with Crippen molar-refractivity contribution < 1.29 is 4.39 Å². The number of likely N-dealkylation sites (N-methyl/N-ethyl adjacent to an activating group) is 1. The third kappa shape index (κ3) is 3.34. The zero-order valence-corrected chi connectivity index (χ0v) is 12.0. The predicted octanol–water partition coefficient (Wildman–Crippen LogP) is 3.34. The van der Waals surface area contributed by atoms with E-state index in [9.17, 15) is 4.39 Å². The monoisotopic (exact) mass is 264 g/mol. The van der Waals surface area contributed by atoms with Gasteiger partial charge in [-0.3, -0.25) is 4.90 Å². The van der Waals surface area contributed by atoms with Crippen LogP contribution < -0.4 is 5.73 Å². The lowest BCUT2D eigenvalue weighted by molar-refractivity contribution is 0.119. The zero-order valence-electron chi connectivity index (χ0n) is 12.0. The molecule has 3 unspecified atom stereocenters. The molecule has 1 aromatic rings. The second kappa shape index (κ2) is 6.49. The Labute approximate surface area is 115 Å². The second-order valence-corrected chi connectivity index (χ2v) is 5.86. The summed E-state index contributed by atoms with van der Waals surface area (Å²) in [6, 6.07) is 7.51. The molecule has 0 radical (unpaired) electrons. The molecule has 0 amide bonds. The fourth-order valence-corrected chi connectivity index (χ4v) is 3.28. The van der Waals surface area contributed by atoms with Crippen LogP contribution in [0.1, 0.15) is 44.2 Å². The van der Waals surface area contributed by atoms with Crippen LogP contribution in [0.5, 0.6) is 0 Å². The quantitative estimate of drug-likeness (QED) is 0.903. The van der Waals surface area contributed by atoms with Crippen molar-refractivity contribution in [3.63, 3.8) is 0 Å². The maximum Gasteiger partial charge on any atom is 0.128 e. The van der Waals surface area contributed by atoms with Gasteiger partial charge in [-0.25, -0.2) is 4.39 Å². The Kier molecular flexibility index (Phi) is 4.94. The van der Waals surface area contributed by atoms with E-state index < -0.39 is 0 Å². The number of hydrogen-bond donors (Lipinski definition) is 1. The summed E-state index contributed by atoms with van der Waals surface area (Å²) < 4.78 is 13.9. The Bertz CT molecular complexity index is 407. The van der Waals surface area contributed by atoms with Gasteiger partial charge in [0.15, 0.2) is 0 Å². The summed E-state index contributed by atoms with van der Waals surface area (Å²) in [4.78, 5) is 2.29. The maximum atomic E-state index is 13.9. The van der Waals surface area contributed by atoms with E-state index in [0.717, 1.165) is 11.5 Å². The van der Waals surface area contributed by atoms with Gasteiger partial charge < -0.3 is 5.73 Å². The van der Waals surface area contributed by atoms with E-state index in [0.29, 0.717) is 12.6 Å². The van der Waals surface area contributed by atoms with Crippen molar-refractivity contribution in [3.05, 3.63) is 35.6 Å². The van der Waals surface area contributed by atoms with E-state index in [-0.39, 0.29) is 11.9 Å². The van der Waals surface area contributed by atoms with Crippen LogP contribution in [-0.2, 0) is 0 Å². The number of benzene rings is 1. The van der Waals surface area contributed by atoms with Crippen LogP contribution >= 0.6 is 0 Å². The summed E-state index contributed by atoms with van der Waals surface area (Å²) in [7, 11) is 2.09. The van der Waals surface area contributed by atoms with Gasteiger partial charge >= 0.3 is 0 Å². The highest BCUT2D eigenvalue weighted by molar-refractivity contribution is 5.21. The second-order valence-electron chi connectivity index (χ2n) is 5.86. The Morgan fingerprint density at radius 3 is 2.74 bits per heavy atom. The van der Waals surface area contributed by atoms with Crippen LogP contribution in [0.2, 0.25) is 0 Å². The smallest absolute Gasteiger partial charge is 0.128 e. The van der Waals surface area contributed by atoms with Crippen LogP contribution in [0.4, 0.5) is 4.39 Å². The van der Waals surface area contributed by atoms with Crippen molar-refractivity contribution >= 4 is 0 Å². The van der Waals surface area contributed by atoms with Crippen LogP contribution in [0.25, 0.3) is 0 Å². The first-order valence-electron chi connectivity index (χ1n) is 7.30. The van der Waals surface area contributed by atoms with Gasteiger partial charge in [-0.15, -0.1) is 0 Å². The van der Waals surface area contributed by atoms with Crippen molar-refractivity contribution in [2.24, 2.45) is 11.7 Å². The molecule has 0 heterocycles. The number of halogens is 1. The summed E-state index contributed by atoms with van der Waals surface area (Å²) in [6.45, 7) is 2.77. The number of rotatable bonds is 4. The lowest BCUT2D eigenvalue weighted by atomic mass is 9.85. The molecule has 2 N–H and O–H groups in total. The Morgan fingerprint density at radius 2 is 2.11 bits per heavy atom. The summed E-state index contributed by atoms with van der Waals surface area (Å²) in [5.41, 5.74) is 6.64. The highest BCUT2D eigenvalue weighted by Gasteiger charge is 2.28. The largest absolute Gasteiger partial charge is 0.329 e. The minimum Gasteiger partial charge on any atom is -0.329 e. The molecule has 1 aromatic carbocycles. The number of nitrogens with two attached hydrogens (primary N) is 1. The van der Waals surface area contributed by atoms with E-state index in [2.05, 4.69) is 18.9 Å². The first-order chi connectivity index (χ1) is 9.13. The lowest BCUT2D eigenvalue weighted by Gasteiger charge is -2.39. The summed E-state index contributed by atoms with van der Waals surface area (Å²) in [5.74, 6) is 0.619. The minimum atomic E-state index is -0.145. The first-order valence-corrected chi connectivity index (χ1v) is 7.30. The van der Waals surface area contributed by atoms with Crippen LogP contribution in [0.3, 0.4) is 0 Å². The molecule has 19 heavy (non-hydrogen) atoms. The van der Waals surface area contributed by atoms with Crippen molar-refractivity contribution in [2.75, 3.05) is 13.6 Å². The predicted molar refractivity (Wildman–Crippen MR) is 77.4 cm³/mol. The first kappa shape index (κ1) is 14.5. The van der Waals surface area contributed by atoms with E-state index in [1.165, 1.54) is 31.7 Å². The minimum absolute atomic E-state index is 0.0171. The molecule has 3 atom stereocenters. The highest BCUT2D eigenvalue weighted by Crippen LogP contribution is 2.31. The van der Waals surface area contributed by atoms with Gasteiger partial charge in [0, 0.05) is 24.2 Å². The molecule has 1 fully saturated rings. The van der Waals surface area contributed by atoms with E-state index >= 15 is 0 Å². The maximum absolute atomic E-state index is 13.9. The van der Waals surface area contributed by atoms with Gasteiger partial charge in [-0.2, -0.15) is 0 Å². The Hall–Kier alpha value is -0.930. The summed E-state index contributed by atoms with van der Waals surface area (Å²) >= 11 is 0. The van der Waals surface area contributed by atoms with Gasteiger partial charge in [0.1, 0.15) is 5.82 Å². The molecule has 1 saturated carbocycles. The normalized spacial score (nSPS) is 25.5. The van der Waals surface area contributed by atoms with Crippen LogP contribution in [-0.4, -0.2) is 24.5 Å². The topological polar surface area (TPSA) is 29.3 Å². The van der Waals surface area contributed by atoms with Crippen LogP contribution in [0.15, 0.2) is 24.3 Å². The van der Waals surface area contributed by atoms with Crippen molar-refractivity contribution in [3.8, 4) is 0 Å². The van der Waals surface area contributed by atoms with Gasteiger partial charge in [0.05, 0.1) is 0 Å². The standard InChI is InChI=1S/C16H25FN2/c1-12-6-5-7-13(10-12)19(2)16(11-18)14-8-3-4-9-15(14)17/h3-4,8-9,12-13,16H,5-7,10-11,18H2,1-2H3. The molecule has 0 saturated heterocycles. The van der Waals surface area contributed by atoms with E-state index in [1.807, 2.05) is 12.1 Å². The molecule has 0 aromatic heterocycles. The molecule has 2 nitrogen and oxygen atoms in total. The average molecular weight is 264 g/mol. The molecule has 2 rings (SSSR count). The van der Waals surface area contributed by atoms with Gasteiger partial charge in [0.25, 0.3) is 0 Å². The summed E-state index contributed by atoms with van der Waals surface area (Å²) in [6.07, 6.45) is 4.98. The van der Waals surface area contributed by atoms with Gasteiger partial charge in [-0.05, 0) is 31.9 Å². The molecular weight excluding hydrogens is 239 g/mol. The van der Waals surface area contributed by atoms with Crippen LogP contribution in [0, 0.1) is 11.7 Å². The van der Waals surface area contributed by atoms with Crippen molar-refractivity contribution in [1.82, 2.24) is 4.90 Å². The van der Waals surface area contributed by atoms with E-state index in [1.54, 1.807) is 6.07 Å². The summed E-state index contributed by atoms with van der Waals surface area (Å²) in [5, 5.41) is 0. The molecule has 1 aliphatic carbocycles. The van der Waals surface area contributed by atoms with E-state index in [4.69, 9.17) is 5.73 Å². The fourth-order valence-electron chi connectivity index (χ4n) is 3.28. The van der Waals surface area contributed by atoms with Crippen molar-refractivity contribution in [2.45, 2.75) is 44.7 Å². The van der Waals surface area contributed by atoms with Gasteiger partial charge in [-0.1, -0.05) is 38.0 Å². The lowest BCUT2D eigenvalue weighted by Crippen LogP contribution is -2.41.